The zero-order valence-corrected chi connectivity index (χ0v) is 38.0. The van der Waals surface area contributed by atoms with E-state index < -0.39 is 57.6 Å². The lowest BCUT2D eigenvalue weighted by Gasteiger charge is -2.18. The van der Waals surface area contributed by atoms with Gasteiger partial charge in [0.05, 0.1) is 13.2 Å². The Balaban J connectivity index is 3.81. The lowest BCUT2D eigenvalue weighted by atomic mass is 10.0. The van der Waals surface area contributed by atoms with Gasteiger partial charge in [0.25, 0.3) is 0 Å². The first-order valence-corrected chi connectivity index (χ1v) is 25.2. The van der Waals surface area contributed by atoms with Gasteiger partial charge in [-0.3, -0.25) is 18.6 Å². The molecule has 3 atom stereocenters. The zero-order valence-electron chi connectivity index (χ0n) is 37.1. The Bertz CT molecular complexity index is 1040. The topological polar surface area (TPSA) is 169 Å². The van der Waals surface area contributed by atoms with Gasteiger partial charge in [-0.05, 0) is 38.5 Å². The first kappa shape index (κ1) is 56.2. The number of ether oxygens (including phenoxy) is 1. The van der Waals surface area contributed by atoms with Crippen LogP contribution in [0.3, 0.4) is 0 Å². The maximum Gasteiger partial charge on any atom is 0.472 e. The lowest BCUT2D eigenvalue weighted by Crippen LogP contribution is -2.43. The molecule has 0 fully saturated rings. The van der Waals surface area contributed by atoms with E-state index in [1.54, 1.807) is 0 Å². The number of carbonyl (C=O) groups excluding carboxylic acids is 2. The van der Waals surface area contributed by atoms with Crippen molar-refractivity contribution >= 4 is 25.7 Å². The number of carboxylic acid groups (broad SMARTS) is 1. The number of unbranched alkanes of at least 4 members (excludes halogenated alkanes) is 29. The molecule has 0 aromatic carbocycles. The quantitative estimate of drug-likeness (QED) is 0.0200. The van der Waals surface area contributed by atoms with Gasteiger partial charge >= 0.3 is 19.8 Å². The van der Waals surface area contributed by atoms with Crippen molar-refractivity contribution in [3.8, 4) is 0 Å². The number of aliphatic hydroxyl groups is 1. The highest BCUT2D eigenvalue weighted by molar-refractivity contribution is 7.47. The maximum absolute atomic E-state index is 12.3. The number of allylic oxidation sites excluding steroid dienone is 2. The van der Waals surface area contributed by atoms with Gasteiger partial charge in [-0.25, -0.2) is 9.36 Å². The molecule has 0 aliphatic heterocycles. The molecule has 0 aromatic rings. The smallest absolute Gasteiger partial charge is 0.472 e. The molecule has 0 saturated heterocycles. The molecular formula is C46H88NO10P. The van der Waals surface area contributed by atoms with E-state index in [1.807, 2.05) is 0 Å². The van der Waals surface area contributed by atoms with Gasteiger partial charge in [0.2, 0.25) is 5.91 Å². The van der Waals surface area contributed by atoms with Crippen LogP contribution in [0.4, 0.5) is 0 Å². The normalized spacial score (nSPS) is 13.7. The molecule has 0 aliphatic carbocycles. The predicted octanol–water partition coefficient (Wildman–Crippen LogP) is 12.5. The van der Waals surface area contributed by atoms with E-state index in [-0.39, 0.29) is 12.8 Å². The summed E-state index contributed by atoms with van der Waals surface area (Å²) in [5, 5.41) is 21.8. The van der Waals surface area contributed by atoms with Gasteiger partial charge in [0.1, 0.15) is 12.7 Å². The standard InChI is InChI=1S/C46H88NO10P/c1-3-5-7-9-11-13-15-17-18-19-20-21-22-23-24-25-26-27-29-31-33-35-37-44(49)47-43(46(51)52)41-57-58(53,54)56-40-42(48)39-55-45(50)38-36-34-32-30-28-16-14-12-10-8-6-4-2/h12,14,42-43,48H,3-11,13,15-41H2,1-2H3,(H,47,49)(H,51,52)(H,53,54)/b14-12-. The Kier molecular flexibility index (Phi) is 40.6. The van der Waals surface area contributed by atoms with Crippen LogP contribution >= 0.6 is 7.82 Å². The van der Waals surface area contributed by atoms with Crippen molar-refractivity contribution in [1.82, 2.24) is 5.32 Å². The minimum absolute atomic E-state index is 0.151. The number of carboxylic acids is 1. The van der Waals surface area contributed by atoms with Crippen molar-refractivity contribution in [2.45, 2.75) is 244 Å². The molecule has 0 radical (unpaired) electrons. The first-order chi connectivity index (χ1) is 28.1. The van der Waals surface area contributed by atoms with Gasteiger partial charge in [-0.2, -0.15) is 0 Å². The van der Waals surface area contributed by atoms with Gasteiger partial charge in [-0.1, -0.05) is 193 Å². The number of phosphoric acid groups is 1. The van der Waals surface area contributed by atoms with Crippen LogP contribution in [0.2, 0.25) is 0 Å². The Labute approximate surface area is 354 Å². The van der Waals surface area contributed by atoms with Crippen LogP contribution in [0.25, 0.3) is 0 Å². The maximum atomic E-state index is 12.3. The molecule has 0 saturated carbocycles. The van der Waals surface area contributed by atoms with E-state index in [2.05, 4.69) is 31.3 Å². The minimum Gasteiger partial charge on any atom is -0.480 e. The summed E-state index contributed by atoms with van der Waals surface area (Å²) in [7, 11) is -4.75. The summed E-state index contributed by atoms with van der Waals surface area (Å²) < 4.78 is 26.8. The number of hydrogen-bond acceptors (Lipinski definition) is 8. The molecule has 0 spiro atoms. The van der Waals surface area contributed by atoms with Crippen molar-refractivity contribution in [1.29, 1.82) is 0 Å². The number of aliphatic hydroxyl groups excluding tert-OH is 1. The molecule has 12 heteroatoms. The van der Waals surface area contributed by atoms with Crippen molar-refractivity contribution in [3.05, 3.63) is 12.2 Å². The van der Waals surface area contributed by atoms with E-state index in [0.717, 1.165) is 57.8 Å². The number of rotatable bonds is 45. The molecule has 0 rings (SSSR count). The highest BCUT2D eigenvalue weighted by atomic mass is 31.2. The van der Waals surface area contributed by atoms with Crippen LogP contribution in [0.1, 0.15) is 232 Å². The fraction of sp³-hybridized carbons (Fsp3) is 0.891. The Morgan fingerprint density at radius 3 is 1.34 bits per heavy atom. The van der Waals surface area contributed by atoms with Crippen molar-refractivity contribution in [2.75, 3.05) is 19.8 Å². The first-order valence-electron chi connectivity index (χ1n) is 23.7. The van der Waals surface area contributed by atoms with E-state index >= 15 is 0 Å². The van der Waals surface area contributed by atoms with Crippen LogP contribution in [-0.2, 0) is 32.7 Å². The molecule has 0 bridgehead atoms. The summed E-state index contributed by atoms with van der Waals surface area (Å²) in [6, 6.07) is -1.54. The van der Waals surface area contributed by atoms with Crippen LogP contribution < -0.4 is 5.32 Å². The summed E-state index contributed by atoms with van der Waals surface area (Å²) in [4.78, 5) is 45.9. The second-order valence-corrected chi connectivity index (χ2v) is 17.8. The van der Waals surface area contributed by atoms with E-state index in [4.69, 9.17) is 13.8 Å². The fourth-order valence-electron chi connectivity index (χ4n) is 6.84. The minimum atomic E-state index is -4.75. The predicted molar refractivity (Wildman–Crippen MR) is 236 cm³/mol. The number of esters is 1. The average Bonchev–Trinajstić information content (AvgIpc) is 3.20. The monoisotopic (exact) mass is 846 g/mol. The SMILES string of the molecule is CCCCC/C=C\CCCCCCCC(=O)OCC(O)COP(=O)(O)OCC(NC(=O)CCCCCCCCCCCCCCCCCCCCCCCC)C(=O)O. The molecule has 58 heavy (non-hydrogen) atoms. The van der Waals surface area contributed by atoms with Crippen molar-refractivity contribution in [3.63, 3.8) is 0 Å². The second-order valence-electron chi connectivity index (χ2n) is 16.3. The fourth-order valence-corrected chi connectivity index (χ4v) is 7.61. The Morgan fingerprint density at radius 2 is 0.897 bits per heavy atom. The third kappa shape index (κ3) is 41.0. The average molecular weight is 846 g/mol. The molecule has 0 aromatic heterocycles. The highest BCUT2D eigenvalue weighted by Gasteiger charge is 2.28. The van der Waals surface area contributed by atoms with Crippen molar-refractivity contribution in [2.24, 2.45) is 0 Å². The molecule has 3 unspecified atom stereocenters. The van der Waals surface area contributed by atoms with Gasteiger partial charge in [0, 0.05) is 12.8 Å². The molecule has 1 amide bonds. The van der Waals surface area contributed by atoms with Crippen LogP contribution in [0, 0.1) is 0 Å². The van der Waals surface area contributed by atoms with Gasteiger partial charge in [-0.15, -0.1) is 0 Å². The number of aliphatic carboxylic acids is 1. The zero-order chi connectivity index (χ0) is 42.8. The lowest BCUT2D eigenvalue weighted by molar-refractivity contribution is -0.147. The summed E-state index contributed by atoms with van der Waals surface area (Å²) in [6.07, 6.45) is 42.4. The molecule has 4 N–H and O–H groups in total. The summed E-state index contributed by atoms with van der Waals surface area (Å²) in [5.41, 5.74) is 0. The van der Waals surface area contributed by atoms with Crippen LogP contribution in [-0.4, -0.2) is 64.9 Å². The number of hydrogen-bond donors (Lipinski definition) is 4. The number of carbonyl (C=O) groups is 3. The number of phosphoric ester groups is 1. The third-order valence-corrected chi connectivity index (χ3v) is 11.5. The van der Waals surface area contributed by atoms with Crippen molar-refractivity contribution < 1.29 is 47.8 Å². The van der Waals surface area contributed by atoms with E-state index in [0.29, 0.717) is 12.8 Å². The largest absolute Gasteiger partial charge is 0.480 e. The Hall–Kier alpha value is -1.78. The second kappa shape index (κ2) is 41.9. The van der Waals surface area contributed by atoms with Crippen LogP contribution in [0.15, 0.2) is 12.2 Å². The third-order valence-electron chi connectivity index (χ3n) is 10.6. The number of nitrogens with one attached hydrogen (secondary N) is 1. The summed E-state index contributed by atoms with van der Waals surface area (Å²) in [6.45, 7) is 2.59. The molecule has 0 heterocycles. The summed E-state index contributed by atoms with van der Waals surface area (Å²) in [5.74, 6) is -2.37. The molecule has 0 aliphatic rings. The van der Waals surface area contributed by atoms with Gasteiger partial charge < -0.3 is 25.2 Å². The van der Waals surface area contributed by atoms with Gasteiger partial charge in [0.15, 0.2) is 6.04 Å². The molecule has 11 nitrogen and oxygen atoms in total. The molecular weight excluding hydrogens is 757 g/mol. The highest BCUT2D eigenvalue weighted by Crippen LogP contribution is 2.43. The molecule has 342 valence electrons. The van der Waals surface area contributed by atoms with Crippen LogP contribution in [0.5, 0.6) is 0 Å². The van der Waals surface area contributed by atoms with E-state index in [1.165, 1.54) is 135 Å². The van der Waals surface area contributed by atoms with E-state index in [9.17, 15) is 34.1 Å². The Morgan fingerprint density at radius 1 is 0.534 bits per heavy atom. The number of amides is 1. The summed E-state index contributed by atoms with van der Waals surface area (Å²) >= 11 is 0.